The standard InChI is InChI=1S/C25H22Cl2N6O4/c1-32-12-17(24(35)33(2)25(32)36)22(34)30-18-9-5-7-15(20(18)27)14-6-4-8-16(19(14)26)21-29-11-13(10-28)23(31-21)37-3/h4-9,11-12H,10,28H2,1-3H3,(H,30,34). The Morgan fingerprint density at radius 1 is 1.05 bits per heavy atom. The molecule has 190 valence electrons. The lowest BCUT2D eigenvalue weighted by atomic mass is 10.0. The molecule has 12 heteroatoms. The number of hydrogen-bond donors (Lipinski definition) is 2. The molecule has 10 nitrogen and oxygen atoms in total. The zero-order valence-corrected chi connectivity index (χ0v) is 21.6. The summed E-state index contributed by atoms with van der Waals surface area (Å²) in [4.78, 5) is 46.1. The van der Waals surface area contributed by atoms with Crippen LogP contribution in [0.15, 0.2) is 58.4 Å². The van der Waals surface area contributed by atoms with Crippen molar-refractivity contribution in [1.29, 1.82) is 0 Å². The van der Waals surface area contributed by atoms with Gasteiger partial charge >= 0.3 is 5.69 Å². The summed E-state index contributed by atoms with van der Waals surface area (Å²) in [7, 11) is 4.24. The fourth-order valence-corrected chi connectivity index (χ4v) is 4.33. The van der Waals surface area contributed by atoms with Gasteiger partial charge in [0.2, 0.25) is 5.88 Å². The first-order valence-corrected chi connectivity index (χ1v) is 11.7. The van der Waals surface area contributed by atoms with Crippen molar-refractivity contribution in [2.75, 3.05) is 12.4 Å². The summed E-state index contributed by atoms with van der Waals surface area (Å²) in [6, 6.07) is 10.3. The van der Waals surface area contributed by atoms with Crippen LogP contribution in [-0.2, 0) is 20.6 Å². The Kier molecular flexibility index (Phi) is 7.44. The molecule has 0 aliphatic carbocycles. The topological polar surface area (TPSA) is 134 Å². The van der Waals surface area contributed by atoms with Crippen LogP contribution in [0.4, 0.5) is 5.69 Å². The fourth-order valence-electron chi connectivity index (χ4n) is 3.74. The van der Waals surface area contributed by atoms with Crippen LogP contribution in [-0.4, -0.2) is 32.1 Å². The molecule has 0 aliphatic heterocycles. The van der Waals surface area contributed by atoms with E-state index in [4.69, 9.17) is 33.7 Å². The number of anilines is 1. The minimum atomic E-state index is -0.722. The highest BCUT2D eigenvalue weighted by molar-refractivity contribution is 6.39. The molecule has 2 heterocycles. The number of aromatic nitrogens is 4. The average Bonchev–Trinajstić information content (AvgIpc) is 2.90. The zero-order chi connectivity index (χ0) is 26.9. The molecule has 0 unspecified atom stereocenters. The highest BCUT2D eigenvalue weighted by atomic mass is 35.5. The van der Waals surface area contributed by atoms with Crippen LogP contribution in [0, 0.1) is 0 Å². The second-order valence-corrected chi connectivity index (χ2v) is 8.78. The summed E-state index contributed by atoms with van der Waals surface area (Å²) in [6.45, 7) is 0.219. The highest BCUT2D eigenvalue weighted by Crippen LogP contribution is 2.41. The maximum atomic E-state index is 12.9. The van der Waals surface area contributed by atoms with Gasteiger partial charge in [-0.1, -0.05) is 47.5 Å². The molecule has 0 fully saturated rings. The number of methoxy groups -OCH3 is 1. The van der Waals surface area contributed by atoms with Gasteiger partial charge < -0.3 is 20.4 Å². The lowest BCUT2D eigenvalue weighted by Crippen LogP contribution is -2.40. The van der Waals surface area contributed by atoms with E-state index in [-0.39, 0.29) is 22.8 Å². The number of carbonyl (C=O) groups is 1. The van der Waals surface area contributed by atoms with E-state index in [0.717, 1.165) is 9.13 Å². The number of ether oxygens (including phenoxy) is 1. The highest BCUT2D eigenvalue weighted by Gasteiger charge is 2.20. The van der Waals surface area contributed by atoms with Crippen molar-refractivity contribution in [2.45, 2.75) is 6.54 Å². The number of amides is 1. The van der Waals surface area contributed by atoms with Gasteiger partial charge in [-0.2, -0.15) is 4.98 Å². The van der Waals surface area contributed by atoms with Gasteiger partial charge in [-0.05, 0) is 12.1 Å². The molecule has 2 aromatic carbocycles. The van der Waals surface area contributed by atoms with Gasteiger partial charge in [0.25, 0.3) is 11.5 Å². The van der Waals surface area contributed by atoms with Crippen LogP contribution in [0.2, 0.25) is 10.0 Å². The number of nitrogens with two attached hydrogens (primary N) is 1. The van der Waals surface area contributed by atoms with Gasteiger partial charge in [0, 0.05) is 55.3 Å². The quantitative estimate of drug-likeness (QED) is 0.383. The molecule has 37 heavy (non-hydrogen) atoms. The molecule has 0 spiro atoms. The van der Waals surface area contributed by atoms with Gasteiger partial charge in [-0.15, -0.1) is 0 Å². The number of nitrogens with one attached hydrogen (secondary N) is 1. The molecule has 3 N–H and O–H groups in total. The van der Waals surface area contributed by atoms with Crippen molar-refractivity contribution < 1.29 is 9.53 Å². The molecule has 4 aromatic rings. The number of benzene rings is 2. The van der Waals surface area contributed by atoms with Crippen molar-refractivity contribution in [1.82, 2.24) is 19.1 Å². The van der Waals surface area contributed by atoms with E-state index >= 15 is 0 Å². The number of nitrogens with zero attached hydrogens (tertiary/aromatic N) is 4. The zero-order valence-electron chi connectivity index (χ0n) is 20.1. The molecule has 2 aromatic heterocycles. The third-order valence-corrected chi connectivity index (χ3v) is 6.52. The summed E-state index contributed by atoms with van der Waals surface area (Å²) in [5.41, 5.74) is 6.79. The molecular weight excluding hydrogens is 519 g/mol. The Bertz CT molecular complexity index is 1650. The molecule has 0 atom stereocenters. The van der Waals surface area contributed by atoms with Crippen molar-refractivity contribution in [3.8, 4) is 28.4 Å². The summed E-state index contributed by atoms with van der Waals surface area (Å²) in [5.74, 6) is -0.0242. The minimum absolute atomic E-state index is 0.202. The summed E-state index contributed by atoms with van der Waals surface area (Å²) >= 11 is 13.5. The Morgan fingerprint density at radius 3 is 2.38 bits per heavy atom. The minimum Gasteiger partial charge on any atom is -0.481 e. The van der Waals surface area contributed by atoms with Crippen LogP contribution >= 0.6 is 23.2 Å². The lowest BCUT2D eigenvalue weighted by Gasteiger charge is -2.14. The third kappa shape index (κ3) is 4.86. The lowest BCUT2D eigenvalue weighted by molar-refractivity contribution is 0.102. The van der Waals surface area contributed by atoms with Crippen LogP contribution in [0.3, 0.4) is 0 Å². The Hall–Kier alpha value is -3.99. The van der Waals surface area contributed by atoms with Crippen LogP contribution in [0.1, 0.15) is 15.9 Å². The molecule has 0 bridgehead atoms. The molecule has 1 amide bonds. The molecular formula is C25H22Cl2N6O4. The van der Waals surface area contributed by atoms with Crippen LogP contribution in [0.25, 0.3) is 22.5 Å². The number of carbonyl (C=O) groups excluding carboxylic acids is 1. The Labute approximate surface area is 221 Å². The molecule has 0 radical (unpaired) electrons. The number of rotatable bonds is 6. The van der Waals surface area contributed by atoms with E-state index in [9.17, 15) is 14.4 Å². The van der Waals surface area contributed by atoms with E-state index in [1.807, 2.05) is 0 Å². The summed E-state index contributed by atoms with van der Waals surface area (Å²) < 4.78 is 7.32. The Balaban J connectivity index is 1.74. The normalized spacial score (nSPS) is 10.9. The predicted molar refractivity (Wildman–Crippen MR) is 142 cm³/mol. The van der Waals surface area contributed by atoms with Gasteiger partial charge in [0.05, 0.1) is 22.8 Å². The SMILES string of the molecule is COc1nc(-c2cccc(-c3cccc(NC(=O)c4cn(C)c(=O)n(C)c4=O)c3Cl)c2Cl)ncc1CN. The first-order valence-electron chi connectivity index (χ1n) is 10.9. The third-order valence-electron chi connectivity index (χ3n) is 5.71. The van der Waals surface area contributed by atoms with Crippen molar-refractivity contribution in [2.24, 2.45) is 19.8 Å². The van der Waals surface area contributed by atoms with Gasteiger partial charge in [0.15, 0.2) is 5.82 Å². The summed E-state index contributed by atoms with van der Waals surface area (Å²) in [5, 5.41) is 3.19. The van der Waals surface area contributed by atoms with Crippen molar-refractivity contribution in [3.05, 3.63) is 90.8 Å². The first-order chi connectivity index (χ1) is 17.7. The summed E-state index contributed by atoms with van der Waals surface area (Å²) in [6.07, 6.45) is 2.76. The molecule has 0 saturated heterocycles. The number of aryl methyl sites for hydroxylation is 1. The second-order valence-electron chi connectivity index (χ2n) is 8.02. The van der Waals surface area contributed by atoms with Gasteiger partial charge in [0.1, 0.15) is 5.56 Å². The molecule has 0 aliphatic rings. The maximum absolute atomic E-state index is 12.9. The number of halogens is 2. The van der Waals surface area contributed by atoms with Gasteiger partial charge in [-0.25, -0.2) is 9.78 Å². The van der Waals surface area contributed by atoms with Gasteiger partial charge in [-0.3, -0.25) is 14.2 Å². The van der Waals surface area contributed by atoms with E-state index in [2.05, 4.69) is 15.3 Å². The van der Waals surface area contributed by atoms with Crippen LogP contribution < -0.4 is 27.0 Å². The van der Waals surface area contributed by atoms with Crippen molar-refractivity contribution in [3.63, 3.8) is 0 Å². The largest absolute Gasteiger partial charge is 0.481 e. The number of hydrogen-bond acceptors (Lipinski definition) is 7. The van der Waals surface area contributed by atoms with E-state index in [1.165, 1.54) is 27.4 Å². The monoisotopic (exact) mass is 540 g/mol. The first kappa shape index (κ1) is 26.1. The average molecular weight is 541 g/mol. The maximum Gasteiger partial charge on any atom is 0.330 e. The predicted octanol–water partition coefficient (Wildman–Crippen LogP) is 3.23. The Morgan fingerprint density at radius 2 is 1.70 bits per heavy atom. The fraction of sp³-hybridized carbons (Fsp3) is 0.160. The molecule has 4 rings (SSSR count). The second kappa shape index (κ2) is 10.6. The van der Waals surface area contributed by atoms with E-state index < -0.39 is 17.2 Å². The molecule has 0 saturated carbocycles. The van der Waals surface area contributed by atoms with E-state index in [1.54, 1.807) is 42.6 Å². The van der Waals surface area contributed by atoms with E-state index in [0.29, 0.717) is 39.0 Å². The van der Waals surface area contributed by atoms with Crippen LogP contribution in [0.5, 0.6) is 5.88 Å². The smallest absolute Gasteiger partial charge is 0.330 e. The van der Waals surface area contributed by atoms with Crippen molar-refractivity contribution >= 4 is 34.8 Å².